The number of ketones is 1. The molecule has 1 aromatic carbocycles. The minimum Gasteiger partial charge on any atom is -0.326 e. The summed E-state index contributed by atoms with van der Waals surface area (Å²) in [6.45, 7) is 4.02. The van der Waals surface area contributed by atoms with Gasteiger partial charge in [0, 0.05) is 17.6 Å². The lowest BCUT2D eigenvalue weighted by Gasteiger charge is -2.10. The molecule has 0 saturated carbocycles. The predicted octanol–water partition coefficient (Wildman–Crippen LogP) is 2.02. The Kier molecular flexibility index (Phi) is 5.82. The zero-order chi connectivity index (χ0) is 13.5. The van der Waals surface area contributed by atoms with Gasteiger partial charge in [0.1, 0.15) is 5.78 Å². The SMILES string of the molecule is CC(=O)CNCCc1cc(Cl)ccc1NC(C)=O. The van der Waals surface area contributed by atoms with E-state index in [4.69, 9.17) is 11.6 Å². The van der Waals surface area contributed by atoms with Crippen molar-refractivity contribution in [2.45, 2.75) is 20.3 Å². The zero-order valence-electron chi connectivity index (χ0n) is 10.5. The molecule has 0 atom stereocenters. The molecule has 4 nitrogen and oxygen atoms in total. The highest BCUT2D eigenvalue weighted by Crippen LogP contribution is 2.21. The van der Waals surface area contributed by atoms with Gasteiger partial charge in [0.25, 0.3) is 0 Å². The number of benzene rings is 1. The van der Waals surface area contributed by atoms with Crippen molar-refractivity contribution >= 4 is 29.0 Å². The Hall–Kier alpha value is -1.39. The van der Waals surface area contributed by atoms with Crippen LogP contribution in [0.5, 0.6) is 0 Å². The largest absolute Gasteiger partial charge is 0.326 e. The summed E-state index contributed by atoms with van der Waals surface area (Å²) in [6.07, 6.45) is 0.698. The van der Waals surface area contributed by atoms with Gasteiger partial charge in [-0.15, -0.1) is 0 Å². The molecule has 0 bridgehead atoms. The predicted molar refractivity (Wildman–Crippen MR) is 73.0 cm³/mol. The van der Waals surface area contributed by atoms with E-state index < -0.39 is 0 Å². The van der Waals surface area contributed by atoms with E-state index in [1.54, 1.807) is 12.1 Å². The molecule has 5 heteroatoms. The molecule has 1 amide bonds. The number of carbonyl (C=O) groups excluding carboxylic acids is 2. The van der Waals surface area contributed by atoms with Gasteiger partial charge in [0.2, 0.25) is 5.91 Å². The van der Waals surface area contributed by atoms with Crippen LogP contribution in [0.1, 0.15) is 19.4 Å². The number of hydrogen-bond donors (Lipinski definition) is 2. The monoisotopic (exact) mass is 268 g/mol. The molecule has 0 aliphatic carbocycles. The van der Waals surface area contributed by atoms with E-state index >= 15 is 0 Å². The van der Waals surface area contributed by atoms with E-state index in [0.29, 0.717) is 24.5 Å². The molecule has 18 heavy (non-hydrogen) atoms. The van der Waals surface area contributed by atoms with E-state index in [1.165, 1.54) is 13.8 Å². The van der Waals surface area contributed by atoms with Crippen LogP contribution in [0.2, 0.25) is 5.02 Å². The van der Waals surface area contributed by atoms with Gasteiger partial charge in [0.05, 0.1) is 6.54 Å². The Morgan fingerprint density at radius 1 is 1.28 bits per heavy atom. The topological polar surface area (TPSA) is 58.2 Å². The molecular formula is C13H17ClN2O2. The lowest BCUT2D eigenvalue weighted by Crippen LogP contribution is -2.23. The first-order valence-electron chi connectivity index (χ1n) is 5.75. The first kappa shape index (κ1) is 14.7. The number of anilines is 1. The highest BCUT2D eigenvalue weighted by Gasteiger charge is 2.05. The lowest BCUT2D eigenvalue weighted by atomic mass is 10.1. The Morgan fingerprint density at radius 3 is 2.61 bits per heavy atom. The molecule has 0 aliphatic rings. The van der Waals surface area contributed by atoms with Crippen LogP contribution >= 0.6 is 11.6 Å². The molecule has 0 spiro atoms. The third-order valence-electron chi connectivity index (χ3n) is 2.32. The van der Waals surface area contributed by atoms with Crippen molar-refractivity contribution in [3.63, 3.8) is 0 Å². The maximum Gasteiger partial charge on any atom is 0.221 e. The third-order valence-corrected chi connectivity index (χ3v) is 2.56. The second kappa shape index (κ2) is 7.13. The number of amides is 1. The minimum absolute atomic E-state index is 0.100. The van der Waals surface area contributed by atoms with Crippen molar-refractivity contribution in [1.29, 1.82) is 0 Å². The molecule has 0 aliphatic heterocycles. The van der Waals surface area contributed by atoms with Crippen LogP contribution in [0.15, 0.2) is 18.2 Å². The van der Waals surface area contributed by atoms with Crippen LogP contribution in [0, 0.1) is 0 Å². The Balaban J connectivity index is 2.64. The zero-order valence-corrected chi connectivity index (χ0v) is 11.3. The summed E-state index contributed by atoms with van der Waals surface area (Å²) in [4.78, 5) is 21.8. The summed E-state index contributed by atoms with van der Waals surface area (Å²) in [5.74, 6) is -0.0153. The summed E-state index contributed by atoms with van der Waals surface area (Å²) >= 11 is 5.93. The van der Waals surface area contributed by atoms with E-state index in [-0.39, 0.29) is 11.7 Å². The number of carbonyl (C=O) groups is 2. The van der Waals surface area contributed by atoms with Gasteiger partial charge in [0.15, 0.2) is 0 Å². The van der Waals surface area contributed by atoms with E-state index in [1.807, 2.05) is 6.07 Å². The highest BCUT2D eigenvalue weighted by molar-refractivity contribution is 6.30. The molecule has 1 rings (SSSR count). The summed E-state index contributed by atoms with van der Waals surface area (Å²) in [7, 11) is 0. The van der Waals surface area contributed by atoms with Crippen molar-refractivity contribution in [3.8, 4) is 0 Å². The first-order valence-corrected chi connectivity index (χ1v) is 6.13. The van der Waals surface area contributed by atoms with Crippen LogP contribution in [0.3, 0.4) is 0 Å². The highest BCUT2D eigenvalue weighted by atomic mass is 35.5. The number of halogens is 1. The van der Waals surface area contributed by atoms with Crippen LogP contribution in [-0.2, 0) is 16.0 Å². The summed E-state index contributed by atoms with van der Waals surface area (Å²) in [6, 6.07) is 5.34. The van der Waals surface area contributed by atoms with Gasteiger partial charge in [-0.25, -0.2) is 0 Å². The lowest BCUT2D eigenvalue weighted by molar-refractivity contribution is -0.116. The minimum atomic E-state index is -0.115. The van der Waals surface area contributed by atoms with Gasteiger partial charge in [-0.1, -0.05) is 11.6 Å². The van der Waals surface area contributed by atoms with Crippen molar-refractivity contribution in [3.05, 3.63) is 28.8 Å². The standard InChI is InChI=1S/C13H17ClN2O2/c1-9(17)8-15-6-5-11-7-12(14)3-4-13(11)16-10(2)18/h3-4,7,15H,5-6,8H2,1-2H3,(H,16,18). The molecular weight excluding hydrogens is 252 g/mol. The molecule has 2 N–H and O–H groups in total. The summed E-state index contributed by atoms with van der Waals surface area (Å²) in [5, 5.41) is 6.42. The summed E-state index contributed by atoms with van der Waals surface area (Å²) < 4.78 is 0. The van der Waals surface area contributed by atoms with E-state index in [0.717, 1.165) is 11.3 Å². The molecule has 0 aromatic heterocycles. The second-order valence-electron chi connectivity index (χ2n) is 4.11. The smallest absolute Gasteiger partial charge is 0.221 e. The second-order valence-corrected chi connectivity index (χ2v) is 4.55. The average Bonchev–Trinajstić information content (AvgIpc) is 2.27. The van der Waals surface area contributed by atoms with Crippen LogP contribution < -0.4 is 10.6 Å². The van der Waals surface area contributed by atoms with Crippen LogP contribution in [0.25, 0.3) is 0 Å². The third kappa shape index (κ3) is 5.29. The fourth-order valence-corrected chi connectivity index (χ4v) is 1.76. The molecule has 0 saturated heterocycles. The molecule has 0 heterocycles. The fraction of sp³-hybridized carbons (Fsp3) is 0.385. The Labute approximate surface area is 112 Å². The maximum atomic E-state index is 11.1. The molecule has 0 radical (unpaired) electrons. The maximum absolute atomic E-state index is 11.1. The molecule has 0 fully saturated rings. The number of rotatable bonds is 6. The first-order chi connectivity index (χ1) is 8.49. The van der Waals surface area contributed by atoms with Crippen molar-refractivity contribution < 1.29 is 9.59 Å². The number of nitrogens with one attached hydrogen (secondary N) is 2. The van der Waals surface area contributed by atoms with Gasteiger partial charge in [-0.05, 0) is 43.7 Å². The molecule has 1 aromatic rings. The Morgan fingerprint density at radius 2 is 2.00 bits per heavy atom. The number of Topliss-reactive ketones (excluding diaryl/α,β-unsaturated/α-hetero) is 1. The van der Waals surface area contributed by atoms with Gasteiger partial charge in [-0.3, -0.25) is 9.59 Å². The fourth-order valence-electron chi connectivity index (χ4n) is 1.57. The van der Waals surface area contributed by atoms with Gasteiger partial charge in [-0.2, -0.15) is 0 Å². The van der Waals surface area contributed by atoms with Crippen molar-refractivity contribution in [1.82, 2.24) is 5.32 Å². The average molecular weight is 269 g/mol. The quantitative estimate of drug-likeness (QED) is 0.776. The van der Waals surface area contributed by atoms with Gasteiger partial charge < -0.3 is 10.6 Å². The van der Waals surface area contributed by atoms with Crippen LogP contribution in [0.4, 0.5) is 5.69 Å². The van der Waals surface area contributed by atoms with Crippen molar-refractivity contribution in [2.75, 3.05) is 18.4 Å². The number of hydrogen-bond acceptors (Lipinski definition) is 3. The van der Waals surface area contributed by atoms with Crippen LogP contribution in [-0.4, -0.2) is 24.8 Å². The summed E-state index contributed by atoms with van der Waals surface area (Å²) in [5.41, 5.74) is 1.71. The molecule has 98 valence electrons. The van der Waals surface area contributed by atoms with E-state index in [2.05, 4.69) is 10.6 Å². The Bertz CT molecular complexity index is 447. The van der Waals surface area contributed by atoms with E-state index in [9.17, 15) is 9.59 Å². The molecule has 0 unspecified atom stereocenters. The normalized spacial score (nSPS) is 10.2. The van der Waals surface area contributed by atoms with Gasteiger partial charge >= 0.3 is 0 Å². The van der Waals surface area contributed by atoms with Crippen molar-refractivity contribution in [2.24, 2.45) is 0 Å².